The first kappa shape index (κ1) is 11.8. The van der Waals surface area contributed by atoms with Gasteiger partial charge in [-0.3, -0.25) is 4.79 Å². The summed E-state index contributed by atoms with van der Waals surface area (Å²) >= 11 is 0. The second-order valence-corrected chi connectivity index (χ2v) is 4.77. The van der Waals surface area contributed by atoms with Gasteiger partial charge in [0.05, 0.1) is 6.61 Å². The highest BCUT2D eigenvalue weighted by Gasteiger charge is 2.15. The van der Waals surface area contributed by atoms with E-state index < -0.39 is 0 Å². The van der Waals surface area contributed by atoms with E-state index in [1.165, 1.54) is 0 Å². The molecule has 96 valence electrons. The Morgan fingerprint density at radius 1 is 1.21 bits per heavy atom. The summed E-state index contributed by atoms with van der Waals surface area (Å²) < 4.78 is 5.44. The van der Waals surface area contributed by atoms with Crippen molar-refractivity contribution < 1.29 is 9.53 Å². The number of hydrogen-bond donors (Lipinski definition) is 1. The molecule has 1 aliphatic heterocycles. The minimum atomic E-state index is 0.111. The van der Waals surface area contributed by atoms with Crippen molar-refractivity contribution in [1.82, 2.24) is 0 Å². The van der Waals surface area contributed by atoms with Crippen molar-refractivity contribution in [3.63, 3.8) is 0 Å². The monoisotopic (exact) mass is 253 g/mol. The number of rotatable bonds is 3. The van der Waals surface area contributed by atoms with E-state index in [9.17, 15) is 4.79 Å². The zero-order valence-corrected chi connectivity index (χ0v) is 10.6. The van der Waals surface area contributed by atoms with Gasteiger partial charge in [0.2, 0.25) is 0 Å². The Kier molecular flexibility index (Phi) is 2.95. The van der Waals surface area contributed by atoms with Crippen LogP contribution in [0, 0.1) is 0 Å². The number of hydrogen-bond acceptors (Lipinski definition) is 3. The number of fused-ring (bicyclic) bond motifs is 1. The molecular formula is C16H15NO2. The maximum atomic E-state index is 12.2. The van der Waals surface area contributed by atoms with Crippen molar-refractivity contribution in [1.29, 1.82) is 0 Å². The molecule has 1 aliphatic rings. The van der Waals surface area contributed by atoms with Crippen LogP contribution in [0.25, 0.3) is 0 Å². The molecule has 3 heteroatoms. The van der Waals surface area contributed by atoms with E-state index in [0.29, 0.717) is 18.7 Å². The average Bonchev–Trinajstić information content (AvgIpc) is 2.85. The molecule has 0 unspecified atom stereocenters. The van der Waals surface area contributed by atoms with E-state index in [1.807, 2.05) is 42.5 Å². The Morgan fingerprint density at radius 3 is 2.95 bits per heavy atom. The lowest BCUT2D eigenvalue weighted by atomic mass is 10.0. The molecule has 0 atom stereocenters. The smallest absolute Gasteiger partial charge is 0.167 e. The molecule has 19 heavy (non-hydrogen) atoms. The molecule has 0 aromatic heterocycles. The first-order chi connectivity index (χ1) is 9.22. The van der Waals surface area contributed by atoms with E-state index in [-0.39, 0.29) is 5.78 Å². The molecule has 0 amide bonds. The molecule has 1 heterocycles. The molecule has 3 rings (SSSR count). The van der Waals surface area contributed by atoms with E-state index in [4.69, 9.17) is 10.5 Å². The predicted octanol–water partition coefficient (Wildman–Crippen LogP) is 2.63. The van der Waals surface area contributed by atoms with Crippen molar-refractivity contribution in [2.75, 3.05) is 12.3 Å². The van der Waals surface area contributed by atoms with Gasteiger partial charge in [-0.05, 0) is 41.5 Å². The molecule has 2 N–H and O–H groups in total. The Hall–Kier alpha value is -2.29. The van der Waals surface area contributed by atoms with Crippen LogP contribution in [0.2, 0.25) is 0 Å². The second-order valence-electron chi connectivity index (χ2n) is 4.77. The number of ether oxygens (including phenoxy) is 1. The molecule has 3 nitrogen and oxygen atoms in total. The largest absolute Gasteiger partial charge is 0.493 e. The Morgan fingerprint density at radius 2 is 2.11 bits per heavy atom. The highest BCUT2D eigenvalue weighted by Crippen LogP contribution is 2.26. The van der Waals surface area contributed by atoms with Gasteiger partial charge < -0.3 is 10.5 Å². The minimum absolute atomic E-state index is 0.111. The third kappa shape index (κ3) is 2.45. The lowest BCUT2D eigenvalue weighted by Gasteiger charge is -2.04. The summed E-state index contributed by atoms with van der Waals surface area (Å²) in [6.45, 7) is 0.711. The van der Waals surface area contributed by atoms with Crippen LogP contribution in [0.3, 0.4) is 0 Å². The van der Waals surface area contributed by atoms with Gasteiger partial charge in [0.15, 0.2) is 5.78 Å². The first-order valence-corrected chi connectivity index (χ1v) is 6.36. The Bertz CT molecular complexity index is 634. The fraction of sp³-hybridized carbons (Fsp3) is 0.188. The Balaban J connectivity index is 1.81. The summed E-state index contributed by atoms with van der Waals surface area (Å²) in [7, 11) is 0. The summed E-state index contributed by atoms with van der Waals surface area (Å²) in [6, 6.07) is 13.1. The van der Waals surface area contributed by atoms with Crippen LogP contribution in [-0.4, -0.2) is 12.4 Å². The molecule has 0 spiro atoms. The van der Waals surface area contributed by atoms with Crippen molar-refractivity contribution in [2.45, 2.75) is 12.8 Å². The van der Waals surface area contributed by atoms with Gasteiger partial charge in [-0.2, -0.15) is 0 Å². The van der Waals surface area contributed by atoms with Crippen LogP contribution in [0.1, 0.15) is 21.5 Å². The van der Waals surface area contributed by atoms with Gasteiger partial charge in [-0.15, -0.1) is 0 Å². The summed E-state index contributed by atoms with van der Waals surface area (Å²) in [5.41, 5.74) is 9.22. The number of nitrogen functional groups attached to an aromatic ring is 1. The quantitative estimate of drug-likeness (QED) is 0.675. The van der Waals surface area contributed by atoms with Crippen LogP contribution in [-0.2, 0) is 12.8 Å². The molecule has 2 aromatic rings. The standard InChI is InChI=1S/C16H15NO2/c17-14-3-1-2-11(8-14)9-15(18)12-4-5-16-13(10-12)6-7-19-16/h1-5,8,10H,6-7,9,17H2. The zero-order valence-electron chi connectivity index (χ0n) is 10.6. The number of benzene rings is 2. The molecule has 0 saturated carbocycles. The molecule has 0 saturated heterocycles. The number of carbonyl (C=O) groups is 1. The third-order valence-electron chi connectivity index (χ3n) is 3.33. The number of carbonyl (C=O) groups excluding carboxylic acids is 1. The molecular weight excluding hydrogens is 238 g/mol. The van der Waals surface area contributed by atoms with Crippen molar-refractivity contribution in [2.24, 2.45) is 0 Å². The van der Waals surface area contributed by atoms with Crippen LogP contribution in [0.4, 0.5) is 5.69 Å². The molecule has 0 fully saturated rings. The maximum absolute atomic E-state index is 12.2. The predicted molar refractivity (Wildman–Crippen MR) is 74.5 cm³/mol. The van der Waals surface area contributed by atoms with Gasteiger partial charge in [0.25, 0.3) is 0 Å². The number of nitrogens with two attached hydrogens (primary N) is 1. The lowest BCUT2D eigenvalue weighted by Crippen LogP contribution is -2.04. The van der Waals surface area contributed by atoms with Crippen LogP contribution < -0.4 is 10.5 Å². The SMILES string of the molecule is Nc1cccc(CC(=O)c2ccc3c(c2)CCO3)c1. The maximum Gasteiger partial charge on any atom is 0.167 e. The van der Waals surface area contributed by atoms with E-state index in [0.717, 1.165) is 28.9 Å². The highest BCUT2D eigenvalue weighted by molar-refractivity contribution is 5.98. The van der Waals surface area contributed by atoms with Gasteiger partial charge in [0.1, 0.15) is 5.75 Å². The topological polar surface area (TPSA) is 52.3 Å². The minimum Gasteiger partial charge on any atom is -0.493 e. The first-order valence-electron chi connectivity index (χ1n) is 6.36. The lowest BCUT2D eigenvalue weighted by molar-refractivity contribution is 0.0993. The van der Waals surface area contributed by atoms with Gasteiger partial charge in [-0.25, -0.2) is 0 Å². The van der Waals surface area contributed by atoms with Gasteiger partial charge >= 0.3 is 0 Å². The number of Topliss-reactive ketones (excluding diaryl/α,β-unsaturated/α-hetero) is 1. The third-order valence-corrected chi connectivity index (χ3v) is 3.33. The Labute approximate surface area is 112 Å². The summed E-state index contributed by atoms with van der Waals surface area (Å²) in [5, 5.41) is 0. The summed E-state index contributed by atoms with van der Waals surface area (Å²) in [5.74, 6) is 1.01. The molecule has 0 aliphatic carbocycles. The number of ketones is 1. The number of anilines is 1. The van der Waals surface area contributed by atoms with Crippen molar-refractivity contribution >= 4 is 11.5 Å². The fourth-order valence-electron chi connectivity index (χ4n) is 2.35. The van der Waals surface area contributed by atoms with Crippen molar-refractivity contribution in [3.8, 4) is 5.75 Å². The van der Waals surface area contributed by atoms with Crippen LogP contribution in [0.5, 0.6) is 5.75 Å². The zero-order chi connectivity index (χ0) is 13.2. The summed E-state index contributed by atoms with van der Waals surface area (Å²) in [6.07, 6.45) is 1.26. The molecule has 0 bridgehead atoms. The highest BCUT2D eigenvalue weighted by atomic mass is 16.5. The van der Waals surface area contributed by atoms with Crippen LogP contribution >= 0.6 is 0 Å². The molecule has 2 aromatic carbocycles. The van der Waals surface area contributed by atoms with Crippen molar-refractivity contribution in [3.05, 3.63) is 59.2 Å². The molecule has 0 radical (unpaired) electrons. The van der Waals surface area contributed by atoms with Crippen LogP contribution in [0.15, 0.2) is 42.5 Å². The van der Waals surface area contributed by atoms with Gasteiger partial charge in [0, 0.05) is 24.1 Å². The van der Waals surface area contributed by atoms with E-state index in [1.54, 1.807) is 0 Å². The summed E-state index contributed by atoms with van der Waals surface area (Å²) in [4.78, 5) is 12.2. The fourth-order valence-corrected chi connectivity index (χ4v) is 2.35. The average molecular weight is 253 g/mol. The van der Waals surface area contributed by atoms with E-state index >= 15 is 0 Å². The van der Waals surface area contributed by atoms with Gasteiger partial charge in [-0.1, -0.05) is 12.1 Å². The normalized spacial score (nSPS) is 12.8. The second kappa shape index (κ2) is 4.76. The van der Waals surface area contributed by atoms with E-state index in [2.05, 4.69) is 0 Å².